The van der Waals surface area contributed by atoms with E-state index in [1.807, 2.05) is 12.1 Å². The van der Waals surface area contributed by atoms with Gasteiger partial charge >= 0.3 is 5.69 Å². The van der Waals surface area contributed by atoms with Crippen molar-refractivity contribution in [3.63, 3.8) is 0 Å². The minimum atomic E-state index is -0.239. The van der Waals surface area contributed by atoms with Gasteiger partial charge in [0.05, 0.1) is 6.54 Å². The van der Waals surface area contributed by atoms with Crippen LogP contribution in [0.25, 0.3) is 0 Å². The van der Waals surface area contributed by atoms with E-state index in [0.717, 1.165) is 24.3 Å². The summed E-state index contributed by atoms with van der Waals surface area (Å²) >= 11 is 0. The number of hydrogen-bond acceptors (Lipinski definition) is 4. The summed E-state index contributed by atoms with van der Waals surface area (Å²) in [4.78, 5) is 19.5. The largest absolute Gasteiger partial charge is 0.370 e. The molecule has 2 aromatic heterocycles. The maximum Gasteiger partial charge on any atom is 0.347 e. The summed E-state index contributed by atoms with van der Waals surface area (Å²) in [5.74, 6) is 0.839. The Morgan fingerprint density at radius 3 is 3.00 bits per heavy atom. The Morgan fingerprint density at radius 2 is 2.22 bits per heavy atom. The third kappa shape index (κ3) is 3.16. The molecule has 0 aliphatic heterocycles. The smallest absolute Gasteiger partial charge is 0.347 e. The lowest BCUT2D eigenvalue weighted by atomic mass is 10.2. The first-order chi connectivity index (χ1) is 8.79. The van der Waals surface area contributed by atoms with Gasteiger partial charge in [-0.05, 0) is 30.2 Å². The predicted molar refractivity (Wildman–Crippen MR) is 70.6 cm³/mol. The molecule has 5 nitrogen and oxygen atoms in total. The second-order valence-corrected chi connectivity index (χ2v) is 4.01. The van der Waals surface area contributed by atoms with Crippen molar-refractivity contribution in [3.05, 3.63) is 52.8 Å². The number of aromatic nitrogens is 3. The lowest BCUT2D eigenvalue weighted by molar-refractivity contribution is 0.726. The van der Waals surface area contributed by atoms with Crippen molar-refractivity contribution in [2.24, 2.45) is 0 Å². The third-order valence-corrected chi connectivity index (χ3v) is 2.52. The molecule has 0 spiro atoms. The monoisotopic (exact) mass is 244 g/mol. The van der Waals surface area contributed by atoms with E-state index in [0.29, 0.717) is 6.54 Å². The van der Waals surface area contributed by atoms with Crippen LogP contribution in [0.3, 0.4) is 0 Å². The summed E-state index contributed by atoms with van der Waals surface area (Å²) < 4.78 is 1.57. The molecule has 2 aromatic rings. The summed E-state index contributed by atoms with van der Waals surface area (Å²) in [6.45, 7) is 3.51. The molecule has 0 amide bonds. The van der Waals surface area contributed by atoms with Crippen molar-refractivity contribution in [1.29, 1.82) is 0 Å². The maximum absolute atomic E-state index is 11.5. The zero-order valence-corrected chi connectivity index (χ0v) is 10.3. The third-order valence-electron chi connectivity index (χ3n) is 2.52. The van der Waals surface area contributed by atoms with Gasteiger partial charge in [0.15, 0.2) is 0 Å². The molecule has 0 saturated heterocycles. The van der Waals surface area contributed by atoms with Crippen LogP contribution in [-0.4, -0.2) is 21.1 Å². The first kappa shape index (κ1) is 12.3. The van der Waals surface area contributed by atoms with Crippen LogP contribution in [0.15, 0.2) is 41.6 Å². The molecule has 2 rings (SSSR count). The Balaban J connectivity index is 2.14. The molecule has 18 heavy (non-hydrogen) atoms. The van der Waals surface area contributed by atoms with Crippen molar-refractivity contribution in [2.45, 2.75) is 19.9 Å². The topological polar surface area (TPSA) is 59.8 Å². The quantitative estimate of drug-likeness (QED) is 0.866. The zero-order valence-electron chi connectivity index (χ0n) is 10.3. The standard InChI is InChI=1S/C13H16N4O/c1-2-5-14-12-9-11(4-7-15-12)10-17-8-3-6-16-13(17)18/h3-4,6-9H,2,5,10H2,1H3,(H,14,15). The Labute approximate surface area is 106 Å². The van der Waals surface area contributed by atoms with Gasteiger partial charge in [0.1, 0.15) is 5.82 Å². The molecule has 2 heterocycles. The molecule has 94 valence electrons. The van der Waals surface area contributed by atoms with Crippen LogP contribution in [0.2, 0.25) is 0 Å². The van der Waals surface area contributed by atoms with E-state index < -0.39 is 0 Å². The normalized spacial score (nSPS) is 10.3. The first-order valence-corrected chi connectivity index (χ1v) is 6.00. The highest BCUT2D eigenvalue weighted by Gasteiger charge is 2.00. The van der Waals surface area contributed by atoms with Crippen molar-refractivity contribution in [3.8, 4) is 0 Å². The van der Waals surface area contributed by atoms with Crippen LogP contribution < -0.4 is 11.0 Å². The van der Waals surface area contributed by atoms with Gasteiger partial charge in [-0.3, -0.25) is 4.57 Å². The fraction of sp³-hybridized carbons (Fsp3) is 0.308. The predicted octanol–water partition coefficient (Wildman–Crippen LogP) is 1.51. The zero-order chi connectivity index (χ0) is 12.8. The van der Waals surface area contributed by atoms with Crippen LogP contribution in [0.5, 0.6) is 0 Å². The van der Waals surface area contributed by atoms with Crippen molar-refractivity contribution in [2.75, 3.05) is 11.9 Å². The maximum atomic E-state index is 11.5. The van der Waals surface area contributed by atoms with E-state index in [9.17, 15) is 4.79 Å². The van der Waals surface area contributed by atoms with Gasteiger partial charge in [0.25, 0.3) is 0 Å². The molecule has 0 radical (unpaired) electrons. The van der Waals surface area contributed by atoms with E-state index >= 15 is 0 Å². The number of rotatable bonds is 5. The van der Waals surface area contributed by atoms with Gasteiger partial charge in [0.2, 0.25) is 0 Å². The molecular weight excluding hydrogens is 228 g/mol. The Hall–Kier alpha value is -2.17. The lowest BCUT2D eigenvalue weighted by Gasteiger charge is -2.07. The summed E-state index contributed by atoms with van der Waals surface area (Å²) in [5, 5.41) is 3.22. The fourth-order valence-corrected chi connectivity index (χ4v) is 1.63. The van der Waals surface area contributed by atoms with Crippen molar-refractivity contribution in [1.82, 2.24) is 14.5 Å². The Kier molecular flexibility index (Phi) is 4.06. The highest BCUT2D eigenvalue weighted by molar-refractivity contribution is 5.37. The van der Waals surface area contributed by atoms with Crippen molar-refractivity contribution < 1.29 is 0 Å². The van der Waals surface area contributed by atoms with E-state index in [4.69, 9.17) is 0 Å². The number of anilines is 1. The van der Waals surface area contributed by atoms with Gasteiger partial charge in [-0.1, -0.05) is 6.92 Å². The Bertz CT molecular complexity index is 565. The SMILES string of the molecule is CCCNc1cc(Cn2cccnc2=O)ccn1. The second-order valence-electron chi connectivity index (χ2n) is 4.01. The highest BCUT2D eigenvalue weighted by atomic mass is 16.1. The van der Waals surface area contributed by atoms with Gasteiger partial charge in [-0.15, -0.1) is 0 Å². The first-order valence-electron chi connectivity index (χ1n) is 6.00. The molecule has 0 bridgehead atoms. The minimum Gasteiger partial charge on any atom is -0.370 e. The van der Waals surface area contributed by atoms with Gasteiger partial charge in [0, 0.05) is 25.1 Å². The molecule has 0 atom stereocenters. The van der Waals surface area contributed by atoms with E-state index in [2.05, 4.69) is 22.2 Å². The van der Waals surface area contributed by atoms with Crippen molar-refractivity contribution >= 4 is 5.82 Å². The van der Waals surface area contributed by atoms with Crippen LogP contribution in [0.1, 0.15) is 18.9 Å². The summed E-state index contributed by atoms with van der Waals surface area (Å²) in [7, 11) is 0. The van der Waals surface area contributed by atoms with Gasteiger partial charge in [-0.2, -0.15) is 0 Å². The molecule has 0 aromatic carbocycles. The van der Waals surface area contributed by atoms with Gasteiger partial charge in [-0.25, -0.2) is 14.8 Å². The second kappa shape index (κ2) is 5.95. The Morgan fingerprint density at radius 1 is 1.33 bits per heavy atom. The molecule has 0 aliphatic rings. The number of pyridine rings is 1. The summed E-state index contributed by atoms with van der Waals surface area (Å²) in [6, 6.07) is 5.60. The highest BCUT2D eigenvalue weighted by Crippen LogP contribution is 2.07. The fourth-order valence-electron chi connectivity index (χ4n) is 1.63. The van der Waals surface area contributed by atoms with E-state index in [1.165, 1.54) is 6.20 Å². The van der Waals surface area contributed by atoms with E-state index in [-0.39, 0.29) is 5.69 Å². The number of nitrogens with zero attached hydrogens (tertiary/aromatic N) is 3. The summed E-state index contributed by atoms with van der Waals surface area (Å²) in [6.07, 6.45) is 6.03. The van der Waals surface area contributed by atoms with Crippen LogP contribution in [0.4, 0.5) is 5.82 Å². The van der Waals surface area contributed by atoms with Crippen LogP contribution in [-0.2, 0) is 6.54 Å². The number of nitrogens with one attached hydrogen (secondary N) is 1. The average Bonchev–Trinajstić information content (AvgIpc) is 2.40. The van der Waals surface area contributed by atoms with Crippen LogP contribution in [0, 0.1) is 0 Å². The summed E-state index contributed by atoms with van der Waals surface area (Å²) in [5.41, 5.74) is 0.788. The van der Waals surface area contributed by atoms with Crippen LogP contribution >= 0.6 is 0 Å². The molecule has 5 heteroatoms. The molecule has 0 saturated carbocycles. The lowest BCUT2D eigenvalue weighted by Crippen LogP contribution is -2.21. The van der Waals surface area contributed by atoms with E-state index in [1.54, 1.807) is 23.0 Å². The molecule has 0 aliphatic carbocycles. The molecule has 1 N–H and O–H groups in total. The molecular formula is C13H16N4O. The average molecular weight is 244 g/mol. The minimum absolute atomic E-state index is 0.239. The number of hydrogen-bond donors (Lipinski definition) is 1. The molecule has 0 unspecified atom stereocenters. The van der Waals surface area contributed by atoms with Gasteiger partial charge < -0.3 is 5.32 Å². The molecule has 0 fully saturated rings.